The van der Waals surface area contributed by atoms with E-state index in [0.29, 0.717) is 24.3 Å². The summed E-state index contributed by atoms with van der Waals surface area (Å²) >= 11 is 1.57. The molecule has 5 nitrogen and oxygen atoms in total. The Kier molecular flexibility index (Phi) is 3.81. The molecule has 0 atom stereocenters. The van der Waals surface area contributed by atoms with Gasteiger partial charge in [0.05, 0.1) is 17.6 Å². The molecule has 3 aromatic rings. The van der Waals surface area contributed by atoms with Gasteiger partial charge in [0.2, 0.25) is 0 Å². The molecule has 0 aliphatic heterocycles. The summed E-state index contributed by atoms with van der Waals surface area (Å²) in [5.74, 6) is 0.657. The Morgan fingerprint density at radius 2 is 2.14 bits per heavy atom. The first-order valence-corrected chi connectivity index (χ1v) is 7.56. The molecule has 0 radical (unpaired) electrons. The number of nitrogens with one attached hydrogen (secondary N) is 2. The van der Waals surface area contributed by atoms with Gasteiger partial charge < -0.3 is 10.3 Å². The van der Waals surface area contributed by atoms with E-state index >= 15 is 0 Å². The number of hydrogen-bond donors (Lipinski definition) is 2. The van der Waals surface area contributed by atoms with Crippen LogP contribution in [-0.4, -0.2) is 15.0 Å². The van der Waals surface area contributed by atoms with Crippen LogP contribution in [0.2, 0.25) is 0 Å². The fraction of sp³-hybridized carbons (Fsp3) is 0.267. The molecule has 0 unspecified atom stereocenters. The van der Waals surface area contributed by atoms with E-state index in [4.69, 9.17) is 0 Å². The lowest BCUT2D eigenvalue weighted by atomic mass is 10.2. The first-order valence-electron chi connectivity index (χ1n) is 6.74. The molecule has 21 heavy (non-hydrogen) atoms. The fourth-order valence-corrected chi connectivity index (χ4v) is 3.24. The molecule has 0 aliphatic carbocycles. The number of rotatable bonds is 4. The van der Waals surface area contributed by atoms with Gasteiger partial charge in [-0.25, -0.2) is 4.98 Å². The highest BCUT2D eigenvalue weighted by molar-refractivity contribution is 7.18. The van der Waals surface area contributed by atoms with Crippen LogP contribution in [0.5, 0.6) is 0 Å². The van der Waals surface area contributed by atoms with Crippen LogP contribution >= 0.6 is 11.3 Å². The number of thiophene rings is 1. The average Bonchev–Trinajstić information content (AvgIpc) is 2.75. The largest absolute Gasteiger partial charge is 0.309 e. The standard InChI is InChI=1S/C15H16N4OS/c1-9-10(2)21-15-13(9)14(20)18-12(19-15)8-16-7-11-5-3-4-6-17-11/h3-6,16H,7-8H2,1-2H3,(H,18,19,20). The Morgan fingerprint density at radius 1 is 1.29 bits per heavy atom. The molecule has 108 valence electrons. The van der Waals surface area contributed by atoms with E-state index in [0.717, 1.165) is 21.0 Å². The van der Waals surface area contributed by atoms with E-state index in [-0.39, 0.29) is 5.56 Å². The van der Waals surface area contributed by atoms with Crippen molar-refractivity contribution in [2.75, 3.05) is 0 Å². The minimum Gasteiger partial charge on any atom is -0.309 e. The van der Waals surface area contributed by atoms with E-state index < -0.39 is 0 Å². The van der Waals surface area contributed by atoms with Gasteiger partial charge in [-0.2, -0.15) is 0 Å². The number of H-pyrrole nitrogens is 1. The molecule has 0 amide bonds. The first kappa shape index (κ1) is 13.9. The van der Waals surface area contributed by atoms with E-state index in [2.05, 4.69) is 20.3 Å². The lowest BCUT2D eigenvalue weighted by Gasteiger charge is -2.04. The molecule has 0 aliphatic rings. The van der Waals surface area contributed by atoms with Gasteiger partial charge in [-0.3, -0.25) is 9.78 Å². The SMILES string of the molecule is Cc1sc2nc(CNCc3ccccn3)[nH]c(=O)c2c1C. The minimum atomic E-state index is -0.0588. The number of pyridine rings is 1. The highest BCUT2D eigenvalue weighted by atomic mass is 32.1. The van der Waals surface area contributed by atoms with Crippen molar-refractivity contribution >= 4 is 21.6 Å². The Hall–Kier alpha value is -2.05. The minimum absolute atomic E-state index is 0.0588. The predicted molar refractivity (Wildman–Crippen MR) is 84.5 cm³/mol. The number of nitrogens with zero attached hydrogens (tertiary/aromatic N) is 2. The molecule has 0 fully saturated rings. The zero-order chi connectivity index (χ0) is 14.8. The van der Waals surface area contributed by atoms with Crippen molar-refractivity contribution in [2.45, 2.75) is 26.9 Å². The monoisotopic (exact) mass is 300 g/mol. The molecule has 0 saturated carbocycles. The van der Waals surface area contributed by atoms with Crippen molar-refractivity contribution < 1.29 is 0 Å². The molecule has 3 heterocycles. The number of aryl methyl sites for hydroxylation is 2. The van der Waals surface area contributed by atoms with Gasteiger partial charge in [-0.15, -0.1) is 11.3 Å². The summed E-state index contributed by atoms with van der Waals surface area (Å²) in [6.07, 6.45) is 1.76. The van der Waals surface area contributed by atoms with Crippen LogP contribution in [0.15, 0.2) is 29.2 Å². The second kappa shape index (κ2) is 5.75. The van der Waals surface area contributed by atoms with Crippen LogP contribution in [0.25, 0.3) is 10.2 Å². The summed E-state index contributed by atoms with van der Waals surface area (Å²) in [5, 5.41) is 3.95. The molecule has 0 aromatic carbocycles. The molecular formula is C15H16N4OS. The summed E-state index contributed by atoms with van der Waals surface area (Å²) < 4.78 is 0. The van der Waals surface area contributed by atoms with Gasteiger partial charge in [0, 0.05) is 17.6 Å². The van der Waals surface area contributed by atoms with E-state index in [1.807, 2.05) is 32.0 Å². The molecular weight excluding hydrogens is 284 g/mol. The summed E-state index contributed by atoms with van der Waals surface area (Å²) in [6, 6.07) is 5.80. The lowest BCUT2D eigenvalue weighted by Crippen LogP contribution is -2.19. The molecule has 3 aromatic heterocycles. The van der Waals surface area contributed by atoms with E-state index in [1.54, 1.807) is 17.5 Å². The summed E-state index contributed by atoms with van der Waals surface area (Å²) in [6.45, 7) is 5.13. The van der Waals surface area contributed by atoms with Gasteiger partial charge in [0.15, 0.2) is 0 Å². The van der Waals surface area contributed by atoms with Crippen LogP contribution in [0.1, 0.15) is 22.0 Å². The maximum Gasteiger partial charge on any atom is 0.259 e. The highest BCUT2D eigenvalue weighted by Gasteiger charge is 2.11. The maximum atomic E-state index is 12.1. The van der Waals surface area contributed by atoms with E-state index in [9.17, 15) is 4.79 Å². The van der Waals surface area contributed by atoms with Gasteiger partial charge >= 0.3 is 0 Å². The Morgan fingerprint density at radius 3 is 2.90 bits per heavy atom. The number of fused-ring (bicyclic) bond motifs is 1. The average molecular weight is 300 g/mol. The zero-order valence-electron chi connectivity index (χ0n) is 11.9. The molecule has 0 bridgehead atoms. The molecule has 2 N–H and O–H groups in total. The summed E-state index contributed by atoms with van der Waals surface area (Å²) in [5.41, 5.74) is 1.93. The van der Waals surface area contributed by atoms with Crippen molar-refractivity contribution in [3.63, 3.8) is 0 Å². The van der Waals surface area contributed by atoms with Crippen LogP contribution in [0, 0.1) is 13.8 Å². The van der Waals surface area contributed by atoms with Crippen molar-refractivity contribution in [2.24, 2.45) is 0 Å². The zero-order valence-corrected chi connectivity index (χ0v) is 12.8. The summed E-state index contributed by atoms with van der Waals surface area (Å²) in [7, 11) is 0. The van der Waals surface area contributed by atoms with Crippen molar-refractivity contribution in [1.29, 1.82) is 0 Å². The normalized spacial score (nSPS) is 11.1. The third kappa shape index (κ3) is 2.86. The maximum absolute atomic E-state index is 12.1. The van der Waals surface area contributed by atoms with Gasteiger partial charge in [0.25, 0.3) is 5.56 Å². The van der Waals surface area contributed by atoms with Crippen LogP contribution < -0.4 is 10.9 Å². The van der Waals surface area contributed by atoms with Crippen LogP contribution in [0.4, 0.5) is 0 Å². The molecule has 3 rings (SSSR count). The number of aromatic nitrogens is 3. The first-order chi connectivity index (χ1) is 10.1. The lowest BCUT2D eigenvalue weighted by molar-refractivity contribution is 0.653. The van der Waals surface area contributed by atoms with Gasteiger partial charge in [0.1, 0.15) is 10.7 Å². The van der Waals surface area contributed by atoms with Gasteiger partial charge in [-0.1, -0.05) is 6.07 Å². The third-order valence-electron chi connectivity index (χ3n) is 3.41. The second-order valence-electron chi connectivity index (χ2n) is 4.90. The quantitative estimate of drug-likeness (QED) is 0.775. The van der Waals surface area contributed by atoms with Crippen LogP contribution in [-0.2, 0) is 13.1 Å². The van der Waals surface area contributed by atoms with Gasteiger partial charge in [-0.05, 0) is 31.5 Å². The predicted octanol–water partition coefficient (Wildman–Crippen LogP) is 2.29. The van der Waals surface area contributed by atoms with Crippen molar-refractivity contribution in [1.82, 2.24) is 20.3 Å². The Labute approximate surface area is 126 Å². The fourth-order valence-electron chi connectivity index (χ4n) is 2.19. The highest BCUT2D eigenvalue weighted by Crippen LogP contribution is 2.25. The molecule has 6 heteroatoms. The second-order valence-corrected chi connectivity index (χ2v) is 6.10. The Balaban J connectivity index is 1.77. The van der Waals surface area contributed by atoms with Crippen molar-refractivity contribution in [3.05, 3.63) is 56.7 Å². The van der Waals surface area contributed by atoms with Crippen LogP contribution in [0.3, 0.4) is 0 Å². The summed E-state index contributed by atoms with van der Waals surface area (Å²) in [4.78, 5) is 25.7. The molecule has 0 spiro atoms. The number of hydrogen-bond acceptors (Lipinski definition) is 5. The Bertz CT molecular complexity index is 823. The third-order valence-corrected chi connectivity index (χ3v) is 4.51. The number of aromatic amines is 1. The van der Waals surface area contributed by atoms with Crippen molar-refractivity contribution in [3.8, 4) is 0 Å². The topological polar surface area (TPSA) is 70.7 Å². The smallest absolute Gasteiger partial charge is 0.259 e. The van der Waals surface area contributed by atoms with E-state index in [1.165, 1.54) is 0 Å². The molecule has 0 saturated heterocycles.